The maximum Gasteiger partial charge on any atom is 0.315 e. The molecule has 1 aromatic rings. The van der Waals surface area contributed by atoms with Gasteiger partial charge in [0.05, 0.1) is 12.5 Å². The highest BCUT2D eigenvalue weighted by Gasteiger charge is 2.24. The van der Waals surface area contributed by atoms with Crippen LogP contribution in [0.2, 0.25) is 5.02 Å². The first-order chi connectivity index (χ1) is 9.19. The van der Waals surface area contributed by atoms with E-state index in [0.717, 1.165) is 5.56 Å². The summed E-state index contributed by atoms with van der Waals surface area (Å²) in [6.45, 7) is 5.14. The second kappa shape index (κ2) is 6.61. The fourth-order valence-corrected chi connectivity index (χ4v) is 2.02. The summed E-state index contributed by atoms with van der Waals surface area (Å²) in [7, 11) is 0. The number of urea groups is 1. The first-order valence-electron chi connectivity index (χ1n) is 6.25. The van der Waals surface area contributed by atoms with Gasteiger partial charge in [-0.3, -0.25) is 4.79 Å². The zero-order valence-corrected chi connectivity index (χ0v) is 12.5. The Morgan fingerprint density at radius 1 is 1.40 bits per heavy atom. The minimum absolute atomic E-state index is 0.147. The van der Waals surface area contributed by atoms with Crippen LogP contribution < -0.4 is 10.6 Å². The van der Waals surface area contributed by atoms with Crippen molar-refractivity contribution in [3.8, 4) is 0 Å². The molecule has 0 saturated carbocycles. The van der Waals surface area contributed by atoms with E-state index in [1.807, 2.05) is 19.1 Å². The van der Waals surface area contributed by atoms with Gasteiger partial charge in [0.25, 0.3) is 0 Å². The summed E-state index contributed by atoms with van der Waals surface area (Å²) in [4.78, 5) is 22.6. The third kappa shape index (κ3) is 5.48. The molecule has 0 radical (unpaired) electrons. The molecule has 0 aliphatic heterocycles. The maximum atomic E-state index is 11.9. The molecule has 3 N–H and O–H groups in total. The summed E-state index contributed by atoms with van der Waals surface area (Å²) in [6.07, 6.45) is -0.147. The van der Waals surface area contributed by atoms with Gasteiger partial charge in [-0.15, -0.1) is 0 Å². The van der Waals surface area contributed by atoms with Crippen molar-refractivity contribution in [2.75, 3.05) is 0 Å². The van der Waals surface area contributed by atoms with Crippen molar-refractivity contribution in [3.05, 3.63) is 34.9 Å². The lowest BCUT2D eigenvalue weighted by Crippen LogP contribution is -2.49. The van der Waals surface area contributed by atoms with Crippen LogP contribution in [0.1, 0.15) is 38.8 Å². The Morgan fingerprint density at radius 2 is 2.05 bits per heavy atom. The van der Waals surface area contributed by atoms with Crippen LogP contribution in [-0.2, 0) is 4.79 Å². The molecule has 6 heteroatoms. The molecule has 0 aliphatic carbocycles. The van der Waals surface area contributed by atoms with E-state index in [1.54, 1.807) is 26.0 Å². The Bertz CT molecular complexity index is 503. The number of benzene rings is 1. The second-order valence-electron chi connectivity index (χ2n) is 5.33. The van der Waals surface area contributed by atoms with E-state index in [-0.39, 0.29) is 12.5 Å². The topological polar surface area (TPSA) is 78.4 Å². The van der Waals surface area contributed by atoms with E-state index >= 15 is 0 Å². The summed E-state index contributed by atoms with van der Waals surface area (Å²) in [5.41, 5.74) is 0.0629. The van der Waals surface area contributed by atoms with Gasteiger partial charge >= 0.3 is 12.0 Å². The molecule has 0 aromatic heterocycles. The molecule has 0 spiro atoms. The van der Waals surface area contributed by atoms with Crippen LogP contribution in [0, 0.1) is 0 Å². The van der Waals surface area contributed by atoms with Crippen LogP contribution >= 0.6 is 11.6 Å². The first-order valence-corrected chi connectivity index (χ1v) is 6.63. The Morgan fingerprint density at radius 3 is 2.60 bits per heavy atom. The Hall–Kier alpha value is -1.75. The highest BCUT2D eigenvalue weighted by Crippen LogP contribution is 2.17. The molecule has 0 heterocycles. The summed E-state index contributed by atoms with van der Waals surface area (Å²) < 4.78 is 0. The van der Waals surface area contributed by atoms with Crippen molar-refractivity contribution >= 4 is 23.6 Å². The van der Waals surface area contributed by atoms with Crippen LogP contribution in [0.4, 0.5) is 4.79 Å². The quantitative estimate of drug-likeness (QED) is 0.782. The average molecular weight is 299 g/mol. The van der Waals surface area contributed by atoms with Gasteiger partial charge in [0.2, 0.25) is 0 Å². The largest absolute Gasteiger partial charge is 0.481 e. The van der Waals surface area contributed by atoms with Gasteiger partial charge in [0.15, 0.2) is 0 Å². The molecule has 110 valence electrons. The monoisotopic (exact) mass is 298 g/mol. The fraction of sp³-hybridized carbons (Fsp3) is 0.429. The number of carbonyl (C=O) groups is 2. The highest BCUT2D eigenvalue weighted by molar-refractivity contribution is 6.30. The van der Waals surface area contributed by atoms with Gasteiger partial charge in [0, 0.05) is 10.6 Å². The van der Waals surface area contributed by atoms with E-state index in [1.165, 1.54) is 0 Å². The molecule has 20 heavy (non-hydrogen) atoms. The van der Waals surface area contributed by atoms with Crippen LogP contribution in [0.3, 0.4) is 0 Å². The predicted octanol–water partition coefficient (Wildman–Crippen LogP) is 2.95. The third-order valence-electron chi connectivity index (χ3n) is 2.74. The number of aliphatic carboxylic acids is 1. The second-order valence-corrected chi connectivity index (χ2v) is 5.77. The van der Waals surface area contributed by atoms with E-state index in [2.05, 4.69) is 10.6 Å². The van der Waals surface area contributed by atoms with Gasteiger partial charge in [0.1, 0.15) is 0 Å². The number of nitrogens with one attached hydrogen (secondary N) is 2. The Kier molecular flexibility index (Phi) is 5.39. The first kappa shape index (κ1) is 16.3. The number of rotatable bonds is 5. The van der Waals surface area contributed by atoms with Crippen LogP contribution in [0.5, 0.6) is 0 Å². The zero-order chi connectivity index (χ0) is 15.3. The van der Waals surface area contributed by atoms with Crippen LogP contribution in [0.25, 0.3) is 0 Å². The van der Waals surface area contributed by atoms with Crippen molar-refractivity contribution in [1.82, 2.24) is 10.6 Å². The molecule has 1 atom stereocenters. The van der Waals surface area contributed by atoms with Crippen molar-refractivity contribution in [3.63, 3.8) is 0 Å². The predicted molar refractivity (Wildman–Crippen MR) is 77.9 cm³/mol. The van der Waals surface area contributed by atoms with Crippen molar-refractivity contribution in [1.29, 1.82) is 0 Å². The molecule has 0 fully saturated rings. The van der Waals surface area contributed by atoms with Gasteiger partial charge in [-0.05, 0) is 38.5 Å². The molecule has 2 amide bonds. The molecule has 5 nitrogen and oxygen atoms in total. The summed E-state index contributed by atoms with van der Waals surface area (Å²) in [5.74, 6) is -0.960. The van der Waals surface area contributed by atoms with E-state index in [0.29, 0.717) is 5.02 Å². The van der Waals surface area contributed by atoms with Crippen LogP contribution in [-0.4, -0.2) is 22.6 Å². The Labute approximate surface area is 123 Å². The maximum absolute atomic E-state index is 11.9. The van der Waals surface area contributed by atoms with E-state index in [4.69, 9.17) is 16.7 Å². The van der Waals surface area contributed by atoms with Crippen molar-refractivity contribution in [2.45, 2.75) is 38.8 Å². The SMILES string of the molecule is CC(NC(=O)NC(C)(C)CC(=O)O)c1cccc(Cl)c1. The summed E-state index contributed by atoms with van der Waals surface area (Å²) in [6, 6.07) is 6.56. The zero-order valence-electron chi connectivity index (χ0n) is 11.7. The lowest BCUT2D eigenvalue weighted by molar-refractivity contribution is -0.138. The molecule has 0 aliphatic rings. The van der Waals surface area contributed by atoms with E-state index in [9.17, 15) is 9.59 Å². The summed E-state index contributed by atoms with van der Waals surface area (Å²) >= 11 is 5.90. The number of carboxylic acid groups (broad SMARTS) is 1. The molecular weight excluding hydrogens is 280 g/mol. The smallest absolute Gasteiger partial charge is 0.315 e. The lowest BCUT2D eigenvalue weighted by Gasteiger charge is -2.25. The van der Waals surface area contributed by atoms with Crippen molar-refractivity contribution < 1.29 is 14.7 Å². The highest BCUT2D eigenvalue weighted by atomic mass is 35.5. The van der Waals surface area contributed by atoms with Crippen LogP contribution in [0.15, 0.2) is 24.3 Å². The van der Waals surface area contributed by atoms with Gasteiger partial charge in [-0.25, -0.2) is 4.79 Å². The standard InChI is InChI=1S/C14H19ClN2O3/c1-9(10-5-4-6-11(15)7-10)16-13(20)17-14(2,3)8-12(18)19/h4-7,9H,8H2,1-3H3,(H,18,19)(H2,16,17,20). The molecule has 1 unspecified atom stereocenters. The normalized spacial score (nSPS) is 12.6. The number of halogens is 1. The Balaban J connectivity index is 2.60. The summed E-state index contributed by atoms with van der Waals surface area (Å²) in [5, 5.41) is 14.8. The molecule has 0 bridgehead atoms. The van der Waals surface area contributed by atoms with Gasteiger partial charge in [-0.2, -0.15) is 0 Å². The number of carbonyl (C=O) groups excluding carboxylic acids is 1. The molecule has 0 saturated heterocycles. The minimum Gasteiger partial charge on any atom is -0.481 e. The number of hydrogen-bond acceptors (Lipinski definition) is 2. The third-order valence-corrected chi connectivity index (χ3v) is 2.98. The van der Waals surface area contributed by atoms with Gasteiger partial charge < -0.3 is 15.7 Å². The fourth-order valence-electron chi connectivity index (χ4n) is 1.82. The molecule has 1 aromatic carbocycles. The number of carboxylic acids is 1. The number of amides is 2. The molecular formula is C14H19ClN2O3. The average Bonchev–Trinajstić information content (AvgIpc) is 2.25. The minimum atomic E-state index is -0.960. The van der Waals surface area contributed by atoms with E-state index < -0.39 is 17.5 Å². The number of hydrogen-bond donors (Lipinski definition) is 3. The van der Waals surface area contributed by atoms with Gasteiger partial charge in [-0.1, -0.05) is 23.7 Å². The lowest BCUT2D eigenvalue weighted by atomic mass is 10.0. The molecule has 1 rings (SSSR count). The van der Waals surface area contributed by atoms with Crippen molar-refractivity contribution in [2.24, 2.45) is 0 Å².